The molecule has 0 unspecified atom stereocenters. The quantitative estimate of drug-likeness (QED) is 0.568. The molecular formula is C21H31ClO4. The zero-order valence-electron chi connectivity index (χ0n) is 15.7. The number of unbranched alkanes of at least 4 members (excludes halogenated alkanes) is 2. The van der Waals surface area contributed by atoms with Crippen molar-refractivity contribution in [2.75, 3.05) is 26.4 Å². The molecule has 0 atom stereocenters. The van der Waals surface area contributed by atoms with Crippen LogP contribution in [-0.4, -0.2) is 32.7 Å². The molecule has 0 bridgehead atoms. The average molecular weight is 383 g/mol. The first-order valence-electron chi connectivity index (χ1n) is 9.96. The summed E-state index contributed by atoms with van der Waals surface area (Å²) in [5.74, 6) is 0.965. The first kappa shape index (κ1) is 20.1. The molecule has 0 spiro atoms. The van der Waals surface area contributed by atoms with E-state index in [1.807, 2.05) is 24.3 Å². The monoisotopic (exact) mass is 382 g/mol. The molecule has 146 valence electrons. The third-order valence-electron chi connectivity index (χ3n) is 5.17. The Labute approximate surface area is 162 Å². The van der Waals surface area contributed by atoms with E-state index < -0.39 is 0 Å². The van der Waals surface area contributed by atoms with Crippen molar-refractivity contribution in [2.24, 2.45) is 11.8 Å². The normalized spacial score (nSPS) is 29.6. The maximum absolute atomic E-state index is 5.92. The van der Waals surface area contributed by atoms with Crippen LogP contribution in [-0.2, 0) is 18.9 Å². The maximum atomic E-state index is 5.92. The van der Waals surface area contributed by atoms with Crippen molar-refractivity contribution in [2.45, 2.75) is 58.0 Å². The standard InChI is InChI=1S/C21H31ClO4/c1-2-3-4-5-16-12-23-20(24-13-16)11-6-17-14-25-21(26-15-17)18-7-9-19(22)10-8-18/h7-10,16-17,20-21H,2-6,11-15H2,1H3. The van der Waals surface area contributed by atoms with Crippen molar-refractivity contribution >= 4 is 11.6 Å². The third-order valence-corrected chi connectivity index (χ3v) is 5.42. The fourth-order valence-corrected chi connectivity index (χ4v) is 3.62. The molecule has 2 saturated heterocycles. The summed E-state index contributed by atoms with van der Waals surface area (Å²) in [4.78, 5) is 0. The summed E-state index contributed by atoms with van der Waals surface area (Å²) < 4.78 is 23.6. The summed E-state index contributed by atoms with van der Waals surface area (Å²) in [6.07, 6.45) is 6.63. The predicted molar refractivity (Wildman–Crippen MR) is 102 cm³/mol. The molecule has 4 nitrogen and oxygen atoms in total. The zero-order chi connectivity index (χ0) is 18.2. The Kier molecular flexibility index (Phi) is 8.21. The summed E-state index contributed by atoms with van der Waals surface area (Å²) in [5.41, 5.74) is 1.01. The SMILES string of the molecule is CCCCCC1COC(CCC2COC(c3ccc(Cl)cc3)OC2)OC1. The molecule has 0 amide bonds. The Morgan fingerprint density at radius 1 is 0.808 bits per heavy atom. The molecule has 1 aromatic carbocycles. The Balaban J connectivity index is 1.30. The van der Waals surface area contributed by atoms with Gasteiger partial charge in [0.2, 0.25) is 0 Å². The highest BCUT2D eigenvalue weighted by atomic mass is 35.5. The lowest BCUT2D eigenvalue weighted by Crippen LogP contribution is -2.33. The smallest absolute Gasteiger partial charge is 0.183 e. The fraction of sp³-hybridized carbons (Fsp3) is 0.714. The van der Waals surface area contributed by atoms with Crippen molar-refractivity contribution in [3.8, 4) is 0 Å². The number of rotatable bonds is 8. The van der Waals surface area contributed by atoms with Crippen LogP contribution in [0, 0.1) is 11.8 Å². The highest BCUT2D eigenvalue weighted by Crippen LogP contribution is 2.29. The van der Waals surface area contributed by atoms with Gasteiger partial charge in [-0.1, -0.05) is 49.9 Å². The average Bonchev–Trinajstić information content (AvgIpc) is 2.69. The van der Waals surface area contributed by atoms with Crippen LogP contribution in [0.5, 0.6) is 0 Å². The lowest BCUT2D eigenvalue weighted by Gasteiger charge is -2.32. The minimum Gasteiger partial charge on any atom is -0.352 e. The lowest BCUT2D eigenvalue weighted by molar-refractivity contribution is -0.220. The third kappa shape index (κ3) is 6.21. The van der Waals surface area contributed by atoms with Gasteiger partial charge in [-0.3, -0.25) is 0 Å². The van der Waals surface area contributed by atoms with E-state index in [4.69, 9.17) is 30.5 Å². The number of halogens is 1. The van der Waals surface area contributed by atoms with Gasteiger partial charge in [-0.25, -0.2) is 0 Å². The molecule has 0 aromatic heterocycles. The molecular weight excluding hydrogens is 352 g/mol. The minimum absolute atomic E-state index is 0.0635. The van der Waals surface area contributed by atoms with Crippen LogP contribution < -0.4 is 0 Å². The first-order chi connectivity index (χ1) is 12.7. The predicted octanol–water partition coefficient (Wildman–Crippen LogP) is 5.35. The summed E-state index contributed by atoms with van der Waals surface area (Å²) in [6, 6.07) is 7.63. The Hall–Kier alpha value is -0.650. The van der Waals surface area contributed by atoms with E-state index in [-0.39, 0.29) is 12.6 Å². The molecule has 0 aliphatic carbocycles. The van der Waals surface area contributed by atoms with Crippen molar-refractivity contribution in [1.82, 2.24) is 0 Å². The largest absolute Gasteiger partial charge is 0.352 e. The van der Waals surface area contributed by atoms with Crippen LogP contribution in [0.15, 0.2) is 24.3 Å². The summed E-state index contributed by atoms with van der Waals surface area (Å²) >= 11 is 5.92. The molecule has 5 heteroatoms. The van der Waals surface area contributed by atoms with Gasteiger partial charge in [0, 0.05) is 22.4 Å². The summed E-state index contributed by atoms with van der Waals surface area (Å²) in [7, 11) is 0. The second kappa shape index (κ2) is 10.6. The Morgan fingerprint density at radius 3 is 2.08 bits per heavy atom. The van der Waals surface area contributed by atoms with Gasteiger partial charge in [0.1, 0.15) is 0 Å². The van der Waals surface area contributed by atoms with Crippen LogP contribution in [0.3, 0.4) is 0 Å². The van der Waals surface area contributed by atoms with Gasteiger partial charge in [0.25, 0.3) is 0 Å². The number of benzene rings is 1. The van der Waals surface area contributed by atoms with E-state index in [9.17, 15) is 0 Å². The van der Waals surface area contributed by atoms with Gasteiger partial charge in [0.05, 0.1) is 26.4 Å². The van der Waals surface area contributed by atoms with Crippen LogP contribution in [0.4, 0.5) is 0 Å². The van der Waals surface area contributed by atoms with E-state index in [0.29, 0.717) is 25.0 Å². The fourth-order valence-electron chi connectivity index (χ4n) is 3.49. The van der Waals surface area contributed by atoms with E-state index in [1.165, 1.54) is 25.7 Å². The van der Waals surface area contributed by atoms with Gasteiger partial charge in [-0.15, -0.1) is 0 Å². The van der Waals surface area contributed by atoms with Gasteiger partial charge in [-0.05, 0) is 31.4 Å². The molecule has 0 radical (unpaired) electrons. The van der Waals surface area contributed by atoms with Gasteiger partial charge < -0.3 is 18.9 Å². The lowest BCUT2D eigenvalue weighted by atomic mass is 10.0. The van der Waals surface area contributed by atoms with Gasteiger partial charge in [0.15, 0.2) is 12.6 Å². The highest BCUT2D eigenvalue weighted by Gasteiger charge is 2.26. The Bertz CT molecular complexity index is 505. The van der Waals surface area contributed by atoms with E-state index in [0.717, 1.165) is 36.6 Å². The van der Waals surface area contributed by atoms with Crippen molar-refractivity contribution in [3.05, 3.63) is 34.9 Å². The van der Waals surface area contributed by atoms with Crippen LogP contribution >= 0.6 is 11.6 Å². The molecule has 26 heavy (non-hydrogen) atoms. The molecule has 0 N–H and O–H groups in total. The molecule has 2 fully saturated rings. The van der Waals surface area contributed by atoms with E-state index in [1.54, 1.807) is 0 Å². The molecule has 2 aliphatic rings. The minimum atomic E-state index is -0.283. The molecule has 0 saturated carbocycles. The van der Waals surface area contributed by atoms with Crippen LogP contribution in [0.25, 0.3) is 0 Å². The number of ether oxygens (including phenoxy) is 4. The van der Waals surface area contributed by atoms with Crippen molar-refractivity contribution in [1.29, 1.82) is 0 Å². The van der Waals surface area contributed by atoms with Crippen LogP contribution in [0.1, 0.15) is 57.3 Å². The van der Waals surface area contributed by atoms with E-state index >= 15 is 0 Å². The molecule has 1 aromatic rings. The second-order valence-electron chi connectivity index (χ2n) is 7.45. The van der Waals surface area contributed by atoms with Gasteiger partial charge in [-0.2, -0.15) is 0 Å². The zero-order valence-corrected chi connectivity index (χ0v) is 16.5. The maximum Gasteiger partial charge on any atom is 0.183 e. The van der Waals surface area contributed by atoms with Gasteiger partial charge >= 0.3 is 0 Å². The number of hydrogen-bond acceptors (Lipinski definition) is 4. The molecule has 2 heterocycles. The Morgan fingerprint density at radius 2 is 1.42 bits per heavy atom. The first-order valence-corrected chi connectivity index (χ1v) is 10.3. The highest BCUT2D eigenvalue weighted by molar-refractivity contribution is 6.30. The van der Waals surface area contributed by atoms with Crippen LogP contribution in [0.2, 0.25) is 5.02 Å². The topological polar surface area (TPSA) is 36.9 Å². The summed E-state index contributed by atoms with van der Waals surface area (Å²) in [5, 5.41) is 0.725. The summed E-state index contributed by atoms with van der Waals surface area (Å²) in [6.45, 7) is 5.33. The number of hydrogen-bond donors (Lipinski definition) is 0. The van der Waals surface area contributed by atoms with Crippen molar-refractivity contribution < 1.29 is 18.9 Å². The van der Waals surface area contributed by atoms with E-state index in [2.05, 4.69) is 6.92 Å². The second-order valence-corrected chi connectivity index (χ2v) is 7.89. The van der Waals surface area contributed by atoms with Crippen molar-refractivity contribution in [3.63, 3.8) is 0 Å². The molecule has 2 aliphatic heterocycles. The molecule has 3 rings (SSSR count).